The van der Waals surface area contributed by atoms with E-state index in [-0.39, 0.29) is 5.02 Å². The topological polar surface area (TPSA) is 18.5 Å². The third kappa shape index (κ3) is 2.57. The van der Waals surface area contributed by atoms with Crippen molar-refractivity contribution in [2.75, 3.05) is 14.2 Å². The van der Waals surface area contributed by atoms with Gasteiger partial charge in [-0.25, -0.2) is 4.39 Å². The van der Waals surface area contributed by atoms with Crippen LogP contribution < -0.4 is 9.47 Å². The van der Waals surface area contributed by atoms with E-state index >= 15 is 0 Å². The first kappa shape index (κ1) is 12.7. The van der Waals surface area contributed by atoms with Gasteiger partial charge in [0, 0.05) is 17.7 Å². The molecule has 0 saturated heterocycles. The summed E-state index contributed by atoms with van der Waals surface area (Å²) in [6.45, 7) is 0. The van der Waals surface area contributed by atoms with Crippen LogP contribution in [0.2, 0.25) is 5.02 Å². The minimum absolute atomic E-state index is 0.227. The Bertz CT molecular complexity index is 547. The van der Waals surface area contributed by atoms with E-state index in [2.05, 4.69) is 6.07 Å². The summed E-state index contributed by atoms with van der Waals surface area (Å²) in [7, 11) is 3.13. The summed E-state index contributed by atoms with van der Waals surface area (Å²) in [5.41, 5.74) is 1.46. The number of hydrogen-bond donors (Lipinski definition) is 0. The van der Waals surface area contributed by atoms with Gasteiger partial charge in [0.05, 0.1) is 19.2 Å². The molecule has 2 aromatic rings. The minimum atomic E-state index is -0.487. The SMILES string of the molecule is COc1cc(OC)cc(-c2ccc(F)[c]c2Cl)c1. The van der Waals surface area contributed by atoms with Gasteiger partial charge in [-0.05, 0) is 29.8 Å². The zero-order chi connectivity index (χ0) is 13.1. The molecule has 18 heavy (non-hydrogen) atoms. The van der Waals surface area contributed by atoms with E-state index in [1.807, 2.05) is 0 Å². The molecule has 0 saturated carbocycles. The maximum Gasteiger partial charge on any atom is 0.132 e. The van der Waals surface area contributed by atoms with Gasteiger partial charge in [0.15, 0.2) is 0 Å². The third-order valence-corrected chi connectivity index (χ3v) is 2.82. The summed E-state index contributed by atoms with van der Waals surface area (Å²) >= 11 is 5.98. The first-order valence-electron chi connectivity index (χ1n) is 5.25. The monoisotopic (exact) mass is 265 g/mol. The Kier molecular flexibility index (Phi) is 3.72. The summed E-state index contributed by atoms with van der Waals surface area (Å²) in [6, 6.07) is 10.7. The molecule has 0 aliphatic heterocycles. The molecule has 2 aromatic carbocycles. The molecule has 0 atom stereocenters. The van der Waals surface area contributed by atoms with E-state index in [9.17, 15) is 4.39 Å². The van der Waals surface area contributed by atoms with E-state index < -0.39 is 5.82 Å². The summed E-state index contributed by atoms with van der Waals surface area (Å²) in [5, 5.41) is 0.227. The fraction of sp³-hybridized carbons (Fsp3) is 0.143. The lowest BCUT2D eigenvalue weighted by molar-refractivity contribution is 0.394. The number of methoxy groups -OCH3 is 2. The highest BCUT2D eigenvalue weighted by Crippen LogP contribution is 2.33. The Morgan fingerprint density at radius 3 is 2.17 bits per heavy atom. The molecule has 4 heteroatoms. The van der Waals surface area contributed by atoms with Gasteiger partial charge in [-0.1, -0.05) is 11.6 Å². The molecule has 0 bridgehead atoms. The summed E-state index contributed by atoms with van der Waals surface area (Å²) in [5.74, 6) is 0.799. The van der Waals surface area contributed by atoms with Crippen LogP contribution in [0.3, 0.4) is 0 Å². The molecule has 0 spiro atoms. The van der Waals surface area contributed by atoms with E-state index in [0.29, 0.717) is 17.1 Å². The summed E-state index contributed by atoms with van der Waals surface area (Å²) in [4.78, 5) is 0. The van der Waals surface area contributed by atoms with Crippen LogP contribution in [0.1, 0.15) is 0 Å². The molecule has 1 radical (unpaired) electrons. The molecule has 93 valence electrons. The van der Waals surface area contributed by atoms with Gasteiger partial charge < -0.3 is 9.47 Å². The Morgan fingerprint density at radius 2 is 1.67 bits per heavy atom. The first-order valence-corrected chi connectivity index (χ1v) is 5.62. The molecule has 2 nitrogen and oxygen atoms in total. The molecular formula is C14H11ClFO2. The number of benzene rings is 2. The highest BCUT2D eigenvalue weighted by atomic mass is 35.5. The van der Waals surface area contributed by atoms with E-state index in [0.717, 1.165) is 5.56 Å². The van der Waals surface area contributed by atoms with Gasteiger partial charge in [-0.3, -0.25) is 0 Å². The van der Waals surface area contributed by atoms with Crippen LogP contribution in [0.25, 0.3) is 11.1 Å². The third-order valence-electron chi connectivity index (χ3n) is 2.52. The van der Waals surface area contributed by atoms with Crippen molar-refractivity contribution < 1.29 is 13.9 Å². The smallest absolute Gasteiger partial charge is 0.132 e. The lowest BCUT2D eigenvalue weighted by atomic mass is 10.0. The van der Waals surface area contributed by atoms with Crippen LogP contribution in [0.4, 0.5) is 4.39 Å². The maximum absolute atomic E-state index is 13.0. The first-order chi connectivity index (χ1) is 8.63. The number of hydrogen-bond acceptors (Lipinski definition) is 2. The van der Waals surface area contributed by atoms with Crippen LogP contribution in [0, 0.1) is 11.9 Å². The van der Waals surface area contributed by atoms with E-state index in [1.54, 1.807) is 38.5 Å². The molecule has 2 rings (SSSR count). The van der Waals surface area contributed by atoms with E-state index in [4.69, 9.17) is 21.1 Å². The van der Waals surface area contributed by atoms with Gasteiger partial charge in [0.1, 0.15) is 17.3 Å². The fourth-order valence-corrected chi connectivity index (χ4v) is 1.89. The van der Waals surface area contributed by atoms with Gasteiger partial charge >= 0.3 is 0 Å². The minimum Gasteiger partial charge on any atom is -0.497 e. The molecule has 0 aliphatic carbocycles. The van der Waals surface area contributed by atoms with Gasteiger partial charge in [-0.15, -0.1) is 0 Å². The molecule has 0 N–H and O–H groups in total. The molecule has 0 aromatic heterocycles. The second-order valence-corrected chi connectivity index (χ2v) is 4.01. The highest BCUT2D eigenvalue weighted by Gasteiger charge is 2.08. The second kappa shape index (κ2) is 5.27. The fourth-order valence-electron chi connectivity index (χ4n) is 1.63. The Balaban J connectivity index is 2.55. The number of halogens is 2. The molecule has 0 aliphatic rings. The molecule has 0 amide bonds. The van der Waals surface area contributed by atoms with Crippen molar-refractivity contribution in [3.05, 3.63) is 47.2 Å². The van der Waals surface area contributed by atoms with Crippen LogP contribution in [0.5, 0.6) is 11.5 Å². The molecule has 0 unspecified atom stereocenters. The van der Waals surface area contributed by atoms with Crippen molar-refractivity contribution in [1.29, 1.82) is 0 Å². The zero-order valence-corrected chi connectivity index (χ0v) is 10.7. The quantitative estimate of drug-likeness (QED) is 0.836. The number of ether oxygens (including phenoxy) is 2. The predicted octanol–water partition coefficient (Wildman–Crippen LogP) is 3.96. The van der Waals surface area contributed by atoms with Crippen molar-refractivity contribution in [2.45, 2.75) is 0 Å². The number of rotatable bonds is 3. The Morgan fingerprint density at radius 1 is 1.06 bits per heavy atom. The lowest BCUT2D eigenvalue weighted by Gasteiger charge is -2.09. The summed E-state index contributed by atoms with van der Waals surface area (Å²) in [6.07, 6.45) is 0. The van der Waals surface area contributed by atoms with Crippen molar-refractivity contribution in [2.24, 2.45) is 0 Å². The van der Waals surface area contributed by atoms with Crippen LogP contribution in [-0.4, -0.2) is 14.2 Å². The molecule has 0 heterocycles. The highest BCUT2D eigenvalue weighted by molar-refractivity contribution is 6.33. The lowest BCUT2D eigenvalue weighted by Crippen LogP contribution is -1.89. The van der Waals surface area contributed by atoms with Crippen molar-refractivity contribution in [1.82, 2.24) is 0 Å². The zero-order valence-electron chi connectivity index (χ0n) is 9.96. The average Bonchev–Trinajstić information content (AvgIpc) is 2.38. The largest absolute Gasteiger partial charge is 0.497 e. The normalized spacial score (nSPS) is 10.2. The van der Waals surface area contributed by atoms with E-state index in [1.165, 1.54) is 6.07 Å². The van der Waals surface area contributed by atoms with Crippen LogP contribution >= 0.6 is 11.6 Å². The predicted molar refractivity (Wildman–Crippen MR) is 68.8 cm³/mol. The molecular weight excluding hydrogens is 255 g/mol. The van der Waals surface area contributed by atoms with Gasteiger partial charge in [0.25, 0.3) is 0 Å². The Labute approximate surface area is 110 Å². The van der Waals surface area contributed by atoms with Crippen LogP contribution in [-0.2, 0) is 0 Å². The van der Waals surface area contributed by atoms with Gasteiger partial charge in [0.2, 0.25) is 0 Å². The standard InChI is InChI=1S/C14H11ClFO2/c1-17-11-5-9(6-12(8-11)18-2)13-4-3-10(16)7-14(13)15/h3-6,8H,1-2H3. The second-order valence-electron chi connectivity index (χ2n) is 3.64. The van der Waals surface area contributed by atoms with Crippen molar-refractivity contribution in [3.63, 3.8) is 0 Å². The van der Waals surface area contributed by atoms with Crippen molar-refractivity contribution >= 4 is 11.6 Å². The Hall–Kier alpha value is -1.74. The maximum atomic E-state index is 13.0. The van der Waals surface area contributed by atoms with Crippen LogP contribution in [0.15, 0.2) is 30.3 Å². The van der Waals surface area contributed by atoms with Crippen molar-refractivity contribution in [3.8, 4) is 22.6 Å². The average molecular weight is 266 g/mol. The summed E-state index contributed by atoms with van der Waals surface area (Å²) < 4.78 is 23.3. The molecule has 0 fully saturated rings. The van der Waals surface area contributed by atoms with Gasteiger partial charge in [-0.2, -0.15) is 0 Å².